The number of aliphatic hydroxyl groups is 1. The van der Waals surface area contributed by atoms with E-state index in [1.54, 1.807) is 12.1 Å². The lowest BCUT2D eigenvalue weighted by Gasteiger charge is -2.21. The van der Waals surface area contributed by atoms with Gasteiger partial charge in [-0.25, -0.2) is 0 Å². The second-order valence-electron chi connectivity index (χ2n) is 5.39. The minimum absolute atomic E-state index is 0.131. The van der Waals surface area contributed by atoms with Crippen LogP contribution in [0.4, 0.5) is 5.69 Å². The van der Waals surface area contributed by atoms with E-state index in [1.807, 2.05) is 14.1 Å². The van der Waals surface area contributed by atoms with Crippen molar-refractivity contribution in [1.82, 2.24) is 5.32 Å². The van der Waals surface area contributed by atoms with Gasteiger partial charge >= 0.3 is 0 Å². The summed E-state index contributed by atoms with van der Waals surface area (Å²) in [5.41, 5.74) is 0.307. The van der Waals surface area contributed by atoms with Crippen molar-refractivity contribution in [1.29, 1.82) is 0 Å². The number of anilines is 1. The molecule has 0 bridgehead atoms. The minimum Gasteiger partial charge on any atom is -0.507 e. The van der Waals surface area contributed by atoms with E-state index < -0.39 is 11.6 Å². The van der Waals surface area contributed by atoms with Crippen molar-refractivity contribution >= 4 is 17.3 Å². The zero-order valence-corrected chi connectivity index (χ0v) is 14.0. The largest absolute Gasteiger partial charge is 0.507 e. The normalized spacial score (nSPS) is 12.0. The van der Waals surface area contributed by atoms with E-state index in [0.29, 0.717) is 5.69 Å². The molecule has 0 amide bonds. The first kappa shape index (κ1) is 18.4. The number of hydrogen-bond acceptors (Lipinski definition) is 7. The zero-order chi connectivity index (χ0) is 18.6. The zero-order valence-electron chi connectivity index (χ0n) is 14.0. The summed E-state index contributed by atoms with van der Waals surface area (Å²) in [5, 5.41) is 34.3. The van der Waals surface area contributed by atoms with Crippen molar-refractivity contribution < 1.29 is 24.9 Å². The Balaban J connectivity index is 0.000000701. The number of phenolic OH excluding ortho intramolecular Hbond substituents is 2. The highest BCUT2D eigenvalue weighted by molar-refractivity contribution is 6.31. The Labute approximate surface area is 144 Å². The van der Waals surface area contributed by atoms with Gasteiger partial charge in [-0.1, -0.05) is 12.1 Å². The molecule has 0 radical (unpaired) electrons. The van der Waals surface area contributed by atoms with E-state index in [1.165, 1.54) is 18.2 Å². The van der Waals surface area contributed by atoms with Crippen LogP contribution < -0.4 is 10.6 Å². The number of carbonyl (C=O) groups excluding carboxylic acids is 2. The molecule has 3 rings (SSSR count). The molecule has 7 heteroatoms. The molecule has 0 saturated carbocycles. The molecular weight excluding hydrogens is 324 g/mol. The average molecular weight is 344 g/mol. The van der Waals surface area contributed by atoms with E-state index in [4.69, 9.17) is 5.11 Å². The van der Waals surface area contributed by atoms with Crippen molar-refractivity contribution in [2.24, 2.45) is 0 Å². The highest BCUT2D eigenvalue weighted by Gasteiger charge is 2.35. The molecule has 2 aromatic rings. The smallest absolute Gasteiger partial charge is 0.200 e. The molecule has 1 aliphatic carbocycles. The third-order valence-corrected chi connectivity index (χ3v) is 3.58. The molecule has 132 valence electrons. The molecule has 0 unspecified atom stereocenters. The van der Waals surface area contributed by atoms with Crippen molar-refractivity contribution in [2.45, 2.75) is 0 Å². The molecule has 0 atom stereocenters. The lowest BCUT2D eigenvalue weighted by Crippen LogP contribution is -2.23. The molecule has 25 heavy (non-hydrogen) atoms. The number of aliphatic hydroxyl groups excluding tert-OH is 1. The summed E-state index contributed by atoms with van der Waals surface area (Å²) < 4.78 is 0. The Hall–Kier alpha value is -2.90. The van der Waals surface area contributed by atoms with Crippen LogP contribution in [0.3, 0.4) is 0 Å². The molecule has 0 aromatic heterocycles. The van der Waals surface area contributed by atoms with Crippen LogP contribution in [0.1, 0.15) is 31.8 Å². The molecule has 2 aromatic carbocycles. The van der Waals surface area contributed by atoms with Gasteiger partial charge in [0.05, 0.1) is 23.3 Å². The molecule has 0 fully saturated rings. The van der Waals surface area contributed by atoms with Gasteiger partial charge in [-0.15, -0.1) is 0 Å². The number of nitrogens with one attached hydrogen (secondary N) is 2. The maximum absolute atomic E-state index is 12.7. The monoisotopic (exact) mass is 344 g/mol. The third kappa shape index (κ3) is 3.33. The fraction of sp³-hybridized carbons (Fsp3) is 0.222. The number of hydrogen-bond donors (Lipinski definition) is 5. The van der Waals surface area contributed by atoms with E-state index >= 15 is 0 Å². The van der Waals surface area contributed by atoms with Gasteiger partial charge in [-0.05, 0) is 32.3 Å². The number of rotatable bonds is 3. The van der Waals surface area contributed by atoms with Gasteiger partial charge in [0, 0.05) is 17.8 Å². The minimum atomic E-state index is -0.543. The first-order valence-corrected chi connectivity index (χ1v) is 7.68. The summed E-state index contributed by atoms with van der Waals surface area (Å²) in [6, 6.07) is 7.07. The Bertz CT molecular complexity index is 817. The lowest BCUT2D eigenvalue weighted by atomic mass is 9.82. The average Bonchev–Trinajstić information content (AvgIpc) is 2.60. The van der Waals surface area contributed by atoms with Gasteiger partial charge in [0.25, 0.3) is 0 Å². The Morgan fingerprint density at radius 3 is 2.00 bits per heavy atom. The number of aromatic hydroxyl groups is 2. The SMILES string of the molecule is CNC.O=C1c2cccc(NCCO)c2C(=O)c2c(O)ccc(O)c21. The van der Waals surface area contributed by atoms with Crippen LogP contribution in [0, 0.1) is 0 Å². The van der Waals surface area contributed by atoms with E-state index in [-0.39, 0.29) is 46.9 Å². The van der Waals surface area contributed by atoms with Gasteiger partial charge in [-0.3, -0.25) is 9.59 Å². The summed E-state index contributed by atoms with van der Waals surface area (Å²) in [7, 11) is 3.75. The predicted molar refractivity (Wildman–Crippen MR) is 93.6 cm³/mol. The third-order valence-electron chi connectivity index (χ3n) is 3.58. The van der Waals surface area contributed by atoms with E-state index in [9.17, 15) is 19.8 Å². The maximum Gasteiger partial charge on any atom is 0.200 e. The number of carbonyl (C=O) groups is 2. The summed E-state index contributed by atoms with van der Waals surface area (Å²) in [4.78, 5) is 25.2. The standard InChI is InChI=1S/C16H13NO5.C2H7N/c18-7-6-17-9-3-1-2-8-12(9)16(22)14-11(20)5-4-10(19)13(14)15(8)21;1-3-2/h1-5,17-20H,6-7H2;3H,1-2H3. The van der Waals surface area contributed by atoms with Gasteiger partial charge in [-0.2, -0.15) is 0 Å². The van der Waals surface area contributed by atoms with Gasteiger partial charge in [0.15, 0.2) is 11.6 Å². The van der Waals surface area contributed by atoms with Crippen LogP contribution in [0.5, 0.6) is 11.5 Å². The first-order valence-electron chi connectivity index (χ1n) is 7.68. The molecular formula is C18H20N2O5. The number of phenols is 2. The number of benzene rings is 2. The highest BCUT2D eigenvalue weighted by Crippen LogP contribution is 2.39. The molecule has 0 spiro atoms. The molecule has 1 aliphatic rings. The molecule has 7 nitrogen and oxygen atoms in total. The predicted octanol–water partition coefficient (Wildman–Crippen LogP) is 1.11. The lowest BCUT2D eigenvalue weighted by molar-refractivity contribution is 0.0974. The quantitative estimate of drug-likeness (QED) is 0.452. The van der Waals surface area contributed by atoms with Crippen molar-refractivity contribution in [3.63, 3.8) is 0 Å². The fourth-order valence-corrected chi connectivity index (χ4v) is 2.62. The molecule has 5 N–H and O–H groups in total. The van der Waals surface area contributed by atoms with Crippen LogP contribution in [-0.4, -0.2) is 54.1 Å². The fourth-order valence-electron chi connectivity index (χ4n) is 2.62. The number of ketones is 2. The van der Waals surface area contributed by atoms with E-state index in [0.717, 1.165) is 0 Å². The molecule has 0 saturated heterocycles. The van der Waals surface area contributed by atoms with Crippen LogP contribution in [-0.2, 0) is 0 Å². The van der Waals surface area contributed by atoms with Crippen LogP contribution in [0.25, 0.3) is 0 Å². The van der Waals surface area contributed by atoms with Gasteiger partial charge in [0.2, 0.25) is 0 Å². The molecule has 0 heterocycles. The van der Waals surface area contributed by atoms with Crippen LogP contribution >= 0.6 is 0 Å². The Kier molecular flexibility index (Phi) is 5.74. The van der Waals surface area contributed by atoms with Gasteiger partial charge < -0.3 is 26.0 Å². The summed E-state index contributed by atoms with van der Waals surface area (Å²) in [6.45, 7) is 0.0885. The molecule has 0 aliphatic heterocycles. The Morgan fingerprint density at radius 1 is 0.880 bits per heavy atom. The van der Waals surface area contributed by atoms with Crippen molar-refractivity contribution in [3.8, 4) is 11.5 Å². The van der Waals surface area contributed by atoms with Crippen LogP contribution in [0.15, 0.2) is 30.3 Å². The number of fused-ring (bicyclic) bond motifs is 2. The topological polar surface area (TPSA) is 119 Å². The summed E-state index contributed by atoms with van der Waals surface area (Å²) in [5.74, 6) is -1.76. The van der Waals surface area contributed by atoms with Crippen molar-refractivity contribution in [2.75, 3.05) is 32.6 Å². The van der Waals surface area contributed by atoms with Crippen molar-refractivity contribution in [3.05, 3.63) is 52.6 Å². The van der Waals surface area contributed by atoms with E-state index in [2.05, 4.69) is 10.6 Å². The maximum atomic E-state index is 12.7. The summed E-state index contributed by atoms with van der Waals surface area (Å²) in [6.07, 6.45) is 0. The second-order valence-corrected chi connectivity index (χ2v) is 5.39. The van der Waals surface area contributed by atoms with Crippen LogP contribution in [0.2, 0.25) is 0 Å². The summed E-state index contributed by atoms with van der Waals surface area (Å²) >= 11 is 0. The van der Waals surface area contributed by atoms with Gasteiger partial charge in [0.1, 0.15) is 11.5 Å². The Morgan fingerprint density at radius 2 is 1.44 bits per heavy atom. The first-order chi connectivity index (χ1) is 12.0. The highest BCUT2D eigenvalue weighted by atomic mass is 16.3. The second kappa shape index (κ2) is 7.78.